The van der Waals surface area contributed by atoms with Gasteiger partial charge in [0.25, 0.3) is 5.91 Å². The number of likely N-dealkylation sites (tertiary alicyclic amines) is 1. The topological polar surface area (TPSA) is 72.9 Å². The number of rotatable bonds is 4. The molecule has 0 atom stereocenters. The third-order valence-electron chi connectivity index (χ3n) is 4.55. The molecular weight excluding hydrogens is 334 g/mol. The van der Waals surface area contributed by atoms with Gasteiger partial charge in [-0.15, -0.1) is 0 Å². The van der Waals surface area contributed by atoms with Crippen LogP contribution in [-0.2, 0) is 4.79 Å². The molecule has 0 bridgehead atoms. The summed E-state index contributed by atoms with van der Waals surface area (Å²) in [4.78, 5) is 27.0. The smallest absolute Gasteiger partial charge is 0.260 e. The van der Waals surface area contributed by atoms with Gasteiger partial charge in [0.15, 0.2) is 12.4 Å². The Morgan fingerprint density at radius 3 is 2.65 bits per heavy atom. The van der Waals surface area contributed by atoms with E-state index in [1.165, 1.54) is 6.26 Å². The van der Waals surface area contributed by atoms with Gasteiger partial charge in [-0.25, -0.2) is 0 Å². The fourth-order valence-corrected chi connectivity index (χ4v) is 3.19. The van der Waals surface area contributed by atoms with Crippen molar-refractivity contribution in [3.05, 3.63) is 52.9 Å². The number of carbonyl (C=O) groups excluding carboxylic acids is 1. The highest BCUT2D eigenvalue weighted by Gasteiger charge is 2.22. The molecule has 0 spiro atoms. The molecule has 6 nitrogen and oxygen atoms in total. The van der Waals surface area contributed by atoms with Crippen LogP contribution in [0.1, 0.15) is 19.3 Å². The lowest BCUT2D eigenvalue weighted by Gasteiger charge is -2.26. The fourth-order valence-electron chi connectivity index (χ4n) is 3.19. The van der Waals surface area contributed by atoms with Crippen molar-refractivity contribution in [3.8, 4) is 17.3 Å². The molecule has 26 heavy (non-hydrogen) atoms. The second-order valence-electron chi connectivity index (χ2n) is 6.29. The van der Waals surface area contributed by atoms with Crippen molar-refractivity contribution in [2.45, 2.75) is 19.3 Å². The highest BCUT2D eigenvalue weighted by atomic mass is 16.5. The molecule has 134 valence electrons. The first-order valence-electron chi connectivity index (χ1n) is 8.74. The van der Waals surface area contributed by atoms with Crippen LogP contribution in [0.5, 0.6) is 5.75 Å². The molecule has 0 radical (unpaired) electrons. The SMILES string of the molecule is O=C(COc1c(-c2ccco2)oc2ccccc2c1=O)N1CCCCC1. The molecule has 1 saturated heterocycles. The second-order valence-corrected chi connectivity index (χ2v) is 6.29. The van der Waals surface area contributed by atoms with Gasteiger partial charge >= 0.3 is 0 Å². The quantitative estimate of drug-likeness (QED) is 0.718. The van der Waals surface area contributed by atoms with Crippen LogP contribution in [0.2, 0.25) is 0 Å². The van der Waals surface area contributed by atoms with Gasteiger partial charge in [-0.3, -0.25) is 9.59 Å². The van der Waals surface area contributed by atoms with E-state index in [4.69, 9.17) is 13.6 Å². The Morgan fingerprint density at radius 1 is 1.08 bits per heavy atom. The zero-order valence-corrected chi connectivity index (χ0v) is 14.3. The number of ether oxygens (including phenoxy) is 1. The molecule has 3 heterocycles. The van der Waals surface area contributed by atoms with Crippen molar-refractivity contribution in [2.75, 3.05) is 19.7 Å². The van der Waals surface area contributed by atoms with Crippen LogP contribution in [-0.4, -0.2) is 30.5 Å². The Morgan fingerprint density at radius 2 is 1.88 bits per heavy atom. The minimum Gasteiger partial charge on any atom is -0.476 e. The number of hydrogen-bond donors (Lipinski definition) is 0. The van der Waals surface area contributed by atoms with E-state index in [9.17, 15) is 9.59 Å². The van der Waals surface area contributed by atoms with E-state index in [0.717, 1.165) is 32.4 Å². The van der Waals surface area contributed by atoms with E-state index in [0.29, 0.717) is 16.7 Å². The maximum Gasteiger partial charge on any atom is 0.260 e. The average Bonchev–Trinajstić information content (AvgIpc) is 3.22. The first-order valence-corrected chi connectivity index (χ1v) is 8.74. The molecule has 0 saturated carbocycles. The number of nitrogens with zero attached hydrogens (tertiary/aromatic N) is 1. The molecule has 1 fully saturated rings. The van der Waals surface area contributed by atoms with Gasteiger partial charge in [0.05, 0.1) is 11.6 Å². The van der Waals surface area contributed by atoms with Crippen LogP contribution in [0.3, 0.4) is 0 Å². The number of piperidine rings is 1. The lowest BCUT2D eigenvalue weighted by molar-refractivity contribution is -0.134. The van der Waals surface area contributed by atoms with E-state index in [1.807, 2.05) is 0 Å². The molecule has 0 unspecified atom stereocenters. The Hall–Kier alpha value is -3.02. The van der Waals surface area contributed by atoms with Gasteiger partial charge in [0, 0.05) is 13.1 Å². The van der Waals surface area contributed by atoms with Crippen molar-refractivity contribution in [3.63, 3.8) is 0 Å². The average molecular weight is 353 g/mol. The molecule has 0 N–H and O–H groups in total. The molecule has 0 aliphatic carbocycles. The van der Waals surface area contributed by atoms with Crippen molar-refractivity contribution < 1.29 is 18.4 Å². The lowest BCUT2D eigenvalue weighted by Crippen LogP contribution is -2.39. The summed E-state index contributed by atoms with van der Waals surface area (Å²) in [6.07, 6.45) is 4.64. The Kier molecular flexibility index (Phi) is 4.48. The molecule has 2 aromatic heterocycles. The highest BCUT2D eigenvalue weighted by molar-refractivity contribution is 5.82. The minimum atomic E-state index is -0.315. The zero-order chi connectivity index (χ0) is 17.9. The maximum atomic E-state index is 12.9. The summed E-state index contributed by atoms with van der Waals surface area (Å²) >= 11 is 0. The number of hydrogen-bond acceptors (Lipinski definition) is 5. The summed E-state index contributed by atoms with van der Waals surface area (Å²) in [5, 5.41) is 0.406. The monoisotopic (exact) mass is 353 g/mol. The normalized spacial score (nSPS) is 14.5. The van der Waals surface area contributed by atoms with Gasteiger partial charge < -0.3 is 18.5 Å². The lowest BCUT2D eigenvalue weighted by atomic mass is 10.1. The summed E-state index contributed by atoms with van der Waals surface area (Å²) in [6.45, 7) is 1.27. The fraction of sp³-hybridized carbons (Fsp3) is 0.300. The van der Waals surface area contributed by atoms with Crippen molar-refractivity contribution in [1.29, 1.82) is 0 Å². The van der Waals surface area contributed by atoms with E-state index >= 15 is 0 Å². The van der Waals surface area contributed by atoms with Crippen molar-refractivity contribution in [1.82, 2.24) is 4.90 Å². The molecular formula is C20H19NO5. The van der Waals surface area contributed by atoms with E-state index in [1.54, 1.807) is 41.3 Å². The van der Waals surface area contributed by atoms with Crippen LogP contribution in [0.15, 0.2) is 56.3 Å². The standard InChI is InChI=1S/C20H19NO5/c22-17(21-10-4-1-5-11-21)13-25-20-18(23)14-7-2-3-8-15(14)26-19(20)16-9-6-12-24-16/h2-3,6-9,12H,1,4-5,10-11,13H2. The van der Waals surface area contributed by atoms with Crippen LogP contribution in [0, 0.1) is 0 Å². The number of carbonyl (C=O) groups is 1. The molecule has 6 heteroatoms. The largest absolute Gasteiger partial charge is 0.476 e. The van der Waals surface area contributed by atoms with Crippen molar-refractivity contribution in [2.24, 2.45) is 0 Å². The number of benzene rings is 1. The van der Waals surface area contributed by atoms with Crippen molar-refractivity contribution >= 4 is 16.9 Å². The number of amides is 1. The third-order valence-corrected chi connectivity index (χ3v) is 4.55. The third kappa shape index (κ3) is 3.10. The highest BCUT2D eigenvalue weighted by Crippen LogP contribution is 2.31. The first kappa shape index (κ1) is 16.4. The molecule has 1 aliphatic heterocycles. The second kappa shape index (κ2) is 7.07. The van der Waals surface area contributed by atoms with Gasteiger partial charge in [0.2, 0.25) is 16.9 Å². The number of fused-ring (bicyclic) bond motifs is 1. The first-order chi connectivity index (χ1) is 12.7. The number of furan rings is 1. The molecule has 4 rings (SSSR count). The summed E-state index contributed by atoms with van der Waals surface area (Å²) in [7, 11) is 0. The van der Waals surface area contributed by atoms with Gasteiger partial charge in [-0.05, 0) is 43.5 Å². The van der Waals surface area contributed by atoms with E-state index < -0.39 is 0 Å². The summed E-state index contributed by atoms with van der Waals surface area (Å²) < 4.78 is 16.9. The summed E-state index contributed by atoms with van der Waals surface area (Å²) in [5.74, 6) is 0.463. The molecule has 1 aliphatic rings. The van der Waals surface area contributed by atoms with Crippen LogP contribution >= 0.6 is 0 Å². The Labute approximate surface area is 150 Å². The molecule has 3 aromatic rings. The minimum absolute atomic E-state index is 0.00371. The predicted molar refractivity (Wildman–Crippen MR) is 96.1 cm³/mol. The van der Waals surface area contributed by atoms with E-state index in [2.05, 4.69) is 0 Å². The molecule has 1 amide bonds. The Balaban J connectivity index is 1.68. The van der Waals surface area contributed by atoms with Gasteiger partial charge in [-0.2, -0.15) is 0 Å². The van der Waals surface area contributed by atoms with Crippen LogP contribution < -0.4 is 10.2 Å². The zero-order valence-electron chi connectivity index (χ0n) is 14.3. The van der Waals surface area contributed by atoms with Gasteiger partial charge in [-0.1, -0.05) is 12.1 Å². The maximum absolute atomic E-state index is 12.9. The predicted octanol–water partition coefficient (Wildman–Crippen LogP) is 3.44. The van der Waals surface area contributed by atoms with Crippen LogP contribution in [0.4, 0.5) is 0 Å². The van der Waals surface area contributed by atoms with Crippen LogP contribution in [0.25, 0.3) is 22.5 Å². The number of para-hydroxylation sites is 1. The van der Waals surface area contributed by atoms with Gasteiger partial charge in [0.1, 0.15) is 5.58 Å². The molecule has 1 aromatic carbocycles. The Bertz CT molecular complexity index is 968. The summed E-state index contributed by atoms with van der Waals surface area (Å²) in [6, 6.07) is 10.3. The summed E-state index contributed by atoms with van der Waals surface area (Å²) in [5.41, 5.74) is 0.128. The van der Waals surface area contributed by atoms with E-state index in [-0.39, 0.29) is 29.5 Å².